The van der Waals surface area contributed by atoms with Gasteiger partial charge < -0.3 is 20.1 Å². The van der Waals surface area contributed by atoms with Gasteiger partial charge in [-0.15, -0.1) is 0 Å². The molecule has 0 aliphatic heterocycles. The molecule has 3 rings (SSSR count). The lowest BCUT2D eigenvalue weighted by molar-refractivity contribution is 0.0954. The average Bonchev–Trinajstić information content (AvgIpc) is 3.16. The molecule has 1 aromatic carbocycles. The fourth-order valence-corrected chi connectivity index (χ4v) is 2.83. The molecule has 0 radical (unpaired) electrons. The number of anilines is 1. The highest BCUT2D eigenvalue weighted by molar-refractivity contribution is 5.94. The van der Waals surface area contributed by atoms with E-state index in [1.807, 2.05) is 30.7 Å². The van der Waals surface area contributed by atoms with Crippen LogP contribution in [0.25, 0.3) is 5.82 Å². The van der Waals surface area contributed by atoms with Crippen LogP contribution < -0.4 is 20.1 Å². The number of rotatable bonds is 8. The molecule has 152 valence electrons. The summed E-state index contributed by atoms with van der Waals surface area (Å²) in [5, 5.41) is 6.08. The molecular weight excluding hydrogens is 372 g/mol. The van der Waals surface area contributed by atoms with Crippen molar-refractivity contribution in [1.29, 1.82) is 0 Å². The minimum absolute atomic E-state index is 0.193. The van der Waals surface area contributed by atoms with Gasteiger partial charge in [-0.05, 0) is 32.0 Å². The van der Waals surface area contributed by atoms with E-state index in [1.165, 1.54) is 7.11 Å². The summed E-state index contributed by atoms with van der Waals surface area (Å²) in [5.74, 6) is 3.81. The van der Waals surface area contributed by atoms with E-state index >= 15 is 0 Å². The van der Waals surface area contributed by atoms with E-state index < -0.39 is 0 Å². The third-order valence-electron chi connectivity index (χ3n) is 4.26. The van der Waals surface area contributed by atoms with E-state index in [0.29, 0.717) is 41.8 Å². The zero-order chi connectivity index (χ0) is 20.8. The summed E-state index contributed by atoms with van der Waals surface area (Å²) >= 11 is 0. The highest BCUT2D eigenvalue weighted by Crippen LogP contribution is 2.27. The van der Waals surface area contributed by atoms with Crippen molar-refractivity contribution >= 4 is 11.7 Å². The highest BCUT2D eigenvalue weighted by Gasteiger charge is 2.10. The van der Waals surface area contributed by atoms with Gasteiger partial charge in [0.2, 0.25) is 0 Å². The van der Waals surface area contributed by atoms with Crippen LogP contribution in [-0.4, -0.2) is 52.7 Å². The zero-order valence-corrected chi connectivity index (χ0v) is 16.9. The molecule has 0 unspecified atom stereocenters. The van der Waals surface area contributed by atoms with Crippen molar-refractivity contribution in [3.63, 3.8) is 0 Å². The van der Waals surface area contributed by atoms with Gasteiger partial charge in [-0.2, -0.15) is 0 Å². The first-order chi connectivity index (χ1) is 14.0. The van der Waals surface area contributed by atoms with E-state index in [4.69, 9.17) is 9.47 Å². The molecule has 2 aromatic heterocycles. The van der Waals surface area contributed by atoms with Crippen LogP contribution >= 0.6 is 0 Å². The van der Waals surface area contributed by atoms with E-state index in [2.05, 4.69) is 25.6 Å². The molecule has 0 fully saturated rings. The standard InChI is InChI=1S/C20H24N6O3/c1-13-24-18(12-19(25-13)26-10-9-21-14(26)2)22-7-8-23-20(27)15-5-6-16(28-3)17(11-15)29-4/h5-6,9-12H,7-8H2,1-4H3,(H,23,27)(H,22,24,25). The first kappa shape index (κ1) is 20.1. The van der Waals surface area contributed by atoms with E-state index in [9.17, 15) is 4.79 Å². The first-order valence-electron chi connectivity index (χ1n) is 9.12. The number of nitrogens with one attached hydrogen (secondary N) is 2. The molecule has 0 spiro atoms. The van der Waals surface area contributed by atoms with Crippen molar-refractivity contribution in [3.05, 3.63) is 53.9 Å². The molecule has 9 heteroatoms. The maximum atomic E-state index is 12.4. The molecule has 0 bridgehead atoms. The molecule has 2 heterocycles. The van der Waals surface area contributed by atoms with Crippen LogP contribution in [0, 0.1) is 13.8 Å². The monoisotopic (exact) mass is 396 g/mol. The summed E-state index contributed by atoms with van der Waals surface area (Å²) in [5.41, 5.74) is 0.499. The van der Waals surface area contributed by atoms with Crippen LogP contribution in [0.2, 0.25) is 0 Å². The second kappa shape index (κ2) is 9.05. The van der Waals surface area contributed by atoms with Gasteiger partial charge in [-0.25, -0.2) is 15.0 Å². The van der Waals surface area contributed by atoms with Gasteiger partial charge in [0.1, 0.15) is 23.3 Å². The smallest absolute Gasteiger partial charge is 0.251 e. The molecule has 0 aliphatic rings. The lowest BCUT2D eigenvalue weighted by atomic mass is 10.2. The average molecular weight is 396 g/mol. The normalized spacial score (nSPS) is 10.5. The van der Waals surface area contributed by atoms with Crippen LogP contribution in [0.3, 0.4) is 0 Å². The summed E-state index contributed by atoms with van der Waals surface area (Å²) in [6, 6.07) is 6.89. The van der Waals surface area contributed by atoms with Crippen LogP contribution in [-0.2, 0) is 0 Å². The van der Waals surface area contributed by atoms with E-state index in [-0.39, 0.29) is 5.91 Å². The second-order valence-corrected chi connectivity index (χ2v) is 6.26. The molecule has 0 saturated carbocycles. The third kappa shape index (κ3) is 4.81. The number of aryl methyl sites for hydroxylation is 2. The van der Waals surface area contributed by atoms with Gasteiger partial charge >= 0.3 is 0 Å². The maximum Gasteiger partial charge on any atom is 0.251 e. The fourth-order valence-electron chi connectivity index (χ4n) is 2.83. The maximum absolute atomic E-state index is 12.4. The van der Waals surface area contributed by atoms with Gasteiger partial charge in [0.05, 0.1) is 14.2 Å². The Morgan fingerprint density at radius 3 is 2.55 bits per heavy atom. The van der Waals surface area contributed by atoms with Crippen LogP contribution in [0.15, 0.2) is 36.7 Å². The van der Waals surface area contributed by atoms with Crippen molar-refractivity contribution in [3.8, 4) is 17.3 Å². The molecule has 29 heavy (non-hydrogen) atoms. The van der Waals surface area contributed by atoms with Gasteiger partial charge in [-0.1, -0.05) is 0 Å². The molecule has 3 aromatic rings. The van der Waals surface area contributed by atoms with E-state index in [1.54, 1.807) is 31.5 Å². The Hall–Kier alpha value is -3.62. The lowest BCUT2D eigenvalue weighted by Crippen LogP contribution is -2.29. The largest absolute Gasteiger partial charge is 0.493 e. The number of nitrogens with zero attached hydrogens (tertiary/aromatic N) is 4. The van der Waals surface area contributed by atoms with Crippen molar-refractivity contribution in [2.75, 3.05) is 32.6 Å². The van der Waals surface area contributed by atoms with E-state index in [0.717, 1.165) is 11.6 Å². The van der Waals surface area contributed by atoms with Gasteiger partial charge in [0.15, 0.2) is 11.5 Å². The molecular formula is C20H24N6O3. The Bertz CT molecular complexity index is 1000. The summed E-state index contributed by atoms with van der Waals surface area (Å²) in [7, 11) is 3.09. The molecule has 2 N–H and O–H groups in total. The number of hydrogen-bond donors (Lipinski definition) is 2. The molecule has 1 amide bonds. The molecule has 9 nitrogen and oxygen atoms in total. The lowest BCUT2D eigenvalue weighted by Gasteiger charge is -2.11. The van der Waals surface area contributed by atoms with Crippen LogP contribution in [0.1, 0.15) is 22.0 Å². The van der Waals surface area contributed by atoms with Crippen molar-refractivity contribution in [2.45, 2.75) is 13.8 Å². The molecule has 0 saturated heterocycles. The summed E-state index contributed by atoms with van der Waals surface area (Å²) < 4.78 is 12.3. The van der Waals surface area contributed by atoms with Crippen LogP contribution in [0.4, 0.5) is 5.82 Å². The highest BCUT2D eigenvalue weighted by atomic mass is 16.5. The number of carbonyl (C=O) groups excluding carboxylic acids is 1. The number of benzene rings is 1. The second-order valence-electron chi connectivity index (χ2n) is 6.26. The number of aromatic nitrogens is 4. The summed E-state index contributed by atoms with van der Waals surface area (Å²) in [6.07, 6.45) is 3.58. The Kier molecular flexibility index (Phi) is 6.28. The number of methoxy groups -OCH3 is 2. The van der Waals surface area contributed by atoms with Crippen LogP contribution in [0.5, 0.6) is 11.5 Å². The number of imidazole rings is 1. The summed E-state index contributed by atoms with van der Waals surface area (Å²) in [6.45, 7) is 4.68. The van der Waals surface area contributed by atoms with Crippen molar-refractivity contribution in [2.24, 2.45) is 0 Å². The number of carbonyl (C=O) groups is 1. The van der Waals surface area contributed by atoms with Gasteiger partial charge in [0.25, 0.3) is 5.91 Å². The Labute approximate surface area is 169 Å². The predicted molar refractivity (Wildman–Crippen MR) is 109 cm³/mol. The quantitative estimate of drug-likeness (QED) is 0.562. The summed E-state index contributed by atoms with van der Waals surface area (Å²) in [4.78, 5) is 25.4. The fraction of sp³-hybridized carbons (Fsp3) is 0.300. The SMILES string of the molecule is COc1ccc(C(=O)NCCNc2cc(-n3ccnc3C)nc(C)n2)cc1OC. The van der Waals surface area contributed by atoms with Gasteiger partial charge in [-0.3, -0.25) is 9.36 Å². The van der Waals surface area contributed by atoms with Gasteiger partial charge in [0, 0.05) is 37.1 Å². The third-order valence-corrected chi connectivity index (χ3v) is 4.26. The Morgan fingerprint density at radius 2 is 1.86 bits per heavy atom. The van der Waals surface area contributed by atoms with Crippen molar-refractivity contribution in [1.82, 2.24) is 24.8 Å². The Balaban J connectivity index is 1.57. The minimum atomic E-state index is -0.193. The van der Waals surface area contributed by atoms with Crippen molar-refractivity contribution < 1.29 is 14.3 Å². The minimum Gasteiger partial charge on any atom is -0.493 e. The Morgan fingerprint density at radius 1 is 1.07 bits per heavy atom. The molecule has 0 aliphatic carbocycles. The number of amides is 1. The predicted octanol–water partition coefficient (Wildman–Crippen LogP) is 2.14. The molecule has 0 atom stereocenters. The topological polar surface area (TPSA) is 103 Å². The first-order valence-corrected chi connectivity index (χ1v) is 9.12. The number of ether oxygens (including phenoxy) is 2. The zero-order valence-electron chi connectivity index (χ0n) is 16.9. The number of hydrogen-bond acceptors (Lipinski definition) is 7.